The average molecular weight is 327 g/mol. The first-order valence-corrected chi connectivity index (χ1v) is 8.68. The number of nitrogens with one attached hydrogen (secondary N) is 1. The van der Waals surface area contributed by atoms with E-state index in [1.807, 2.05) is 12.3 Å². The largest absolute Gasteiger partial charge is 0.366 e. The number of hydrogen-bond acceptors (Lipinski definition) is 5. The zero-order chi connectivity index (χ0) is 16.4. The molecule has 2 fully saturated rings. The van der Waals surface area contributed by atoms with E-state index in [0.29, 0.717) is 24.1 Å². The van der Waals surface area contributed by atoms with E-state index in [2.05, 4.69) is 25.2 Å². The second-order valence-electron chi connectivity index (χ2n) is 6.76. The molecule has 1 N–H and O–H groups in total. The summed E-state index contributed by atoms with van der Waals surface area (Å²) in [6.45, 7) is 2.52. The van der Waals surface area contributed by atoms with Crippen LogP contribution < -0.4 is 5.32 Å². The minimum Gasteiger partial charge on any atom is -0.366 e. The van der Waals surface area contributed by atoms with Crippen molar-refractivity contribution >= 4 is 5.82 Å². The van der Waals surface area contributed by atoms with Crippen LogP contribution in [0.5, 0.6) is 0 Å². The smallest absolute Gasteiger partial charge is 0.145 e. The molecule has 1 atom stereocenters. The van der Waals surface area contributed by atoms with E-state index in [-0.39, 0.29) is 5.82 Å². The molecular formula is C18H22FN5. The molecule has 6 heteroatoms. The van der Waals surface area contributed by atoms with Gasteiger partial charge in [0.1, 0.15) is 17.5 Å². The number of aromatic nitrogens is 3. The van der Waals surface area contributed by atoms with Crippen molar-refractivity contribution in [2.24, 2.45) is 0 Å². The molecule has 5 nitrogen and oxygen atoms in total. The minimum atomic E-state index is -0.225. The number of anilines is 1. The summed E-state index contributed by atoms with van der Waals surface area (Å²) in [7, 11) is 0. The highest BCUT2D eigenvalue weighted by Gasteiger charge is 2.27. The molecular weight excluding hydrogens is 305 g/mol. The predicted octanol–water partition coefficient (Wildman–Crippen LogP) is 2.96. The Bertz CT molecular complexity index is 703. The van der Waals surface area contributed by atoms with Gasteiger partial charge in [0.2, 0.25) is 0 Å². The molecule has 0 spiro atoms. The van der Waals surface area contributed by atoms with Gasteiger partial charge in [0.05, 0.1) is 6.20 Å². The molecule has 2 aliphatic rings. The fourth-order valence-electron chi connectivity index (χ4n) is 3.29. The number of likely N-dealkylation sites (tertiary alicyclic amines) is 1. The number of rotatable bonds is 5. The molecule has 2 aromatic heterocycles. The average Bonchev–Trinajstić information content (AvgIpc) is 3.43. The molecule has 126 valence electrons. The lowest BCUT2D eigenvalue weighted by molar-refractivity contribution is 0.206. The van der Waals surface area contributed by atoms with Crippen molar-refractivity contribution in [3.63, 3.8) is 0 Å². The van der Waals surface area contributed by atoms with E-state index in [1.54, 1.807) is 12.3 Å². The zero-order valence-electron chi connectivity index (χ0n) is 13.7. The van der Waals surface area contributed by atoms with Crippen molar-refractivity contribution in [3.8, 4) is 0 Å². The molecule has 1 saturated carbocycles. The van der Waals surface area contributed by atoms with Crippen LogP contribution in [0.25, 0.3) is 0 Å². The minimum absolute atomic E-state index is 0.225. The maximum Gasteiger partial charge on any atom is 0.145 e. The highest BCUT2D eigenvalue weighted by molar-refractivity contribution is 5.35. The van der Waals surface area contributed by atoms with Crippen LogP contribution >= 0.6 is 0 Å². The van der Waals surface area contributed by atoms with E-state index in [0.717, 1.165) is 37.6 Å². The summed E-state index contributed by atoms with van der Waals surface area (Å²) in [6.07, 6.45) is 9.41. The first-order chi connectivity index (χ1) is 11.8. The lowest BCUT2D eigenvalue weighted by Gasteiger charge is -2.33. The zero-order valence-corrected chi connectivity index (χ0v) is 13.7. The lowest BCUT2D eigenvalue weighted by Crippen LogP contribution is -2.41. The molecule has 0 amide bonds. The topological polar surface area (TPSA) is 53.9 Å². The molecule has 1 unspecified atom stereocenters. The third-order valence-corrected chi connectivity index (χ3v) is 4.72. The van der Waals surface area contributed by atoms with E-state index in [1.165, 1.54) is 19.0 Å². The highest BCUT2D eigenvalue weighted by Crippen LogP contribution is 2.38. The van der Waals surface area contributed by atoms with E-state index >= 15 is 0 Å². The molecule has 0 aromatic carbocycles. The lowest BCUT2D eigenvalue weighted by atomic mass is 10.0. The molecule has 24 heavy (non-hydrogen) atoms. The van der Waals surface area contributed by atoms with E-state index in [4.69, 9.17) is 0 Å². The Balaban J connectivity index is 1.38. The molecule has 0 radical (unpaired) electrons. The third-order valence-electron chi connectivity index (χ3n) is 4.72. The molecule has 1 aliphatic heterocycles. The van der Waals surface area contributed by atoms with Crippen molar-refractivity contribution < 1.29 is 4.39 Å². The van der Waals surface area contributed by atoms with Gasteiger partial charge >= 0.3 is 0 Å². The van der Waals surface area contributed by atoms with Gasteiger partial charge in [0.25, 0.3) is 0 Å². The normalized spacial score (nSPS) is 21.6. The fourth-order valence-corrected chi connectivity index (χ4v) is 3.29. The summed E-state index contributed by atoms with van der Waals surface area (Å²) in [4.78, 5) is 15.1. The molecule has 1 aliphatic carbocycles. The van der Waals surface area contributed by atoms with Gasteiger partial charge < -0.3 is 5.32 Å². The van der Waals surface area contributed by atoms with Crippen molar-refractivity contribution in [2.45, 2.75) is 44.2 Å². The van der Waals surface area contributed by atoms with Gasteiger partial charge in [-0.25, -0.2) is 14.4 Å². The van der Waals surface area contributed by atoms with Crippen LogP contribution in [-0.4, -0.2) is 39.0 Å². The molecule has 2 aromatic rings. The summed E-state index contributed by atoms with van der Waals surface area (Å²) >= 11 is 0. The Hall–Kier alpha value is -2.08. The van der Waals surface area contributed by atoms with Crippen molar-refractivity contribution in [1.29, 1.82) is 0 Å². The quantitative estimate of drug-likeness (QED) is 0.915. The van der Waals surface area contributed by atoms with Gasteiger partial charge in [-0.15, -0.1) is 0 Å². The number of piperidine rings is 1. The molecule has 4 rings (SSSR count). The van der Waals surface area contributed by atoms with Crippen LogP contribution in [0.3, 0.4) is 0 Å². The summed E-state index contributed by atoms with van der Waals surface area (Å²) in [6, 6.07) is 4.04. The Morgan fingerprint density at radius 2 is 2.12 bits per heavy atom. The predicted molar refractivity (Wildman–Crippen MR) is 90.1 cm³/mol. The van der Waals surface area contributed by atoms with Crippen LogP contribution in [-0.2, 0) is 6.54 Å². The Kier molecular flexibility index (Phi) is 4.38. The SMILES string of the molecule is Fc1cnccc1CN1CCCC(Nc2ccnc(C3CC3)n2)C1. The summed E-state index contributed by atoms with van der Waals surface area (Å²) < 4.78 is 13.8. The highest BCUT2D eigenvalue weighted by atomic mass is 19.1. The van der Waals surface area contributed by atoms with Crippen LogP contribution in [0, 0.1) is 5.82 Å². The number of pyridine rings is 1. The van der Waals surface area contributed by atoms with Crippen LogP contribution in [0.15, 0.2) is 30.7 Å². The standard InChI is InChI=1S/C18H22FN5/c19-16-10-20-7-5-14(16)11-24-9-1-2-15(12-24)22-17-6-8-21-18(23-17)13-3-4-13/h5-8,10,13,15H,1-4,9,11-12H2,(H,21,22,23). The number of hydrogen-bond donors (Lipinski definition) is 1. The van der Waals surface area contributed by atoms with E-state index < -0.39 is 0 Å². The fraction of sp³-hybridized carbons (Fsp3) is 0.500. The molecule has 0 bridgehead atoms. The monoisotopic (exact) mass is 327 g/mol. The number of halogens is 1. The van der Waals surface area contributed by atoms with Gasteiger partial charge in [0.15, 0.2) is 0 Å². The van der Waals surface area contributed by atoms with Gasteiger partial charge in [-0.1, -0.05) is 0 Å². The molecule has 1 saturated heterocycles. The molecule has 3 heterocycles. The second kappa shape index (κ2) is 6.81. The van der Waals surface area contributed by atoms with E-state index in [9.17, 15) is 4.39 Å². The van der Waals surface area contributed by atoms with Gasteiger partial charge in [-0.05, 0) is 44.4 Å². The summed E-state index contributed by atoms with van der Waals surface area (Å²) in [5, 5.41) is 3.54. The van der Waals surface area contributed by atoms with Crippen LogP contribution in [0.4, 0.5) is 10.2 Å². The first kappa shape index (κ1) is 15.4. The summed E-state index contributed by atoms with van der Waals surface area (Å²) in [5.74, 6) is 2.21. The van der Waals surface area contributed by atoms with Gasteiger partial charge in [-0.3, -0.25) is 9.88 Å². The first-order valence-electron chi connectivity index (χ1n) is 8.68. The number of nitrogens with zero attached hydrogens (tertiary/aromatic N) is 4. The second-order valence-corrected chi connectivity index (χ2v) is 6.76. The van der Waals surface area contributed by atoms with Gasteiger partial charge in [-0.2, -0.15) is 0 Å². The van der Waals surface area contributed by atoms with Crippen molar-refractivity contribution in [2.75, 3.05) is 18.4 Å². The van der Waals surface area contributed by atoms with Crippen LogP contribution in [0.1, 0.15) is 43.0 Å². The van der Waals surface area contributed by atoms with Crippen molar-refractivity contribution in [3.05, 3.63) is 47.9 Å². The van der Waals surface area contributed by atoms with Gasteiger partial charge in [0, 0.05) is 43.0 Å². The van der Waals surface area contributed by atoms with Crippen LogP contribution in [0.2, 0.25) is 0 Å². The Morgan fingerprint density at radius 3 is 2.96 bits per heavy atom. The third kappa shape index (κ3) is 3.70. The van der Waals surface area contributed by atoms with Crippen molar-refractivity contribution in [1.82, 2.24) is 19.9 Å². The Labute approximate surface area is 141 Å². The Morgan fingerprint density at radius 1 is 1.21 bits per heavy atom. The maximum absolute atomic E-state index is 13.8. The summed E-state index contributed by atoms with van der Waals surface area (Å²) in [5.41, 5.74) is 0.712. The maximum atomic E-state index is 13.8.